The Balaban J connectivity index is 2.39. The number of nitrogens with zero attached hydrogens (tertiary/aromatic N) is 1. The van der Waals surface area contributed by atoms with Crippen molar-refractivity contribution in [1.82, 2.24) is 4.90 Å². The first kappa shape index (κ1) is 21.7. The molecule has 1 heterocycles. The van der Waals surface area contributed by atoms with Gasteiger partial charge in [0.25, 0.3) is 0 Å². The van der Waals surface area contributed by atoms with E-state index < -0.39 is 23.1 Å². The molecule has 1 amide bonds. The molecule has 1 fully saturated rings. The second-order valence-corrected chi connectivity index (χ2v) is 8.06. The fourth-order valence-electron chi connectivity index (χ4n) is 3.27. The zero-order chi connectivity index (χ0) is 20.8. The standard InChI is InChI=1S/C22H29NO5/c1-5-14-27-19(25)22(15-17-10-7-6-8-11-17)16-23(13-9-12-18(22)24)20(26)28-21(2,3)4/h5-8,10-11H,1,9,12-16H2,2-4H3. The van der Waals surface area contributed by atoms with Gasteiger partial charge in [0, 0.05) is 19.5 Å². The van der Waals surface area contributed by atoms with Crippen LogP contribution >= 0.6 is 0 Å². The Morgan fingerprint density at radius 3 is 2.54 bits per heavy atom. The van der Waals surface area contributed by atoms with E-state index in [1.807, 2.05) is 30.3 Å². The lowest BCUT2D eigenvalue weighted by atomic mass is 9.76. The molecule has 2 rings (SSSR count). The number of carbonyl (C=O) groups excluding carboxylic acids is 3. The van der Waals surface area contributed by atoms with Crippen LogP contribution in [-0.2, 0) is 25.5 Å². The van der Waals surface area contributed by atoms with Crippen molar-refractivity contribution in [3.8, 4) is 0 Å². The maximum absolute atomic E-state index is 13.1. The van der Waals surface area contributed by atoms with Crippen LogP contribution in [-0.4, -0.2) is 48.0 Å². The molecule has 0 N–H and O–H groups in total. The lowest BCUT2D eigenvalue weighted by Gasteiger charge is -2.34. The normalized spacial score (nSPS) is 20.2. The van der Waals surface area contributed by atoms with Gasteiger partial charge in [0.05, 0.1) is 0 Å². The van der Waals surface area contributed by atoms with Gasteiger partial charge in [-0.25, -0.2) is 4.79 Å². The highest BCUT2D eigenvalue weighted by atomic mass is 16.6. The van der Waals surface area contributed by atoms with Gasteiger partial charge in [-0.3, -0.25) is 9.59 Å². The number of carbonyl (C=O) groups is 3. The Kier molecular flexibility index (Phi) is 7.00. The molecule has 28 heavy (non-hydrogen) atoms. The first-order chi connectivity index (χ1) is 13.2. The minimum Gasteiger partial charge on any atom is -0.461 e. The summed E-state index contributed by atoms with van der Waals surface area (Å²) in [5.74, 6) is -0.840. The minimum absolute atomic E-state index is 0.00902. The number of ether oxygens (including phenoxy) is 2. The molecule has 0 aliphatic carbocycles. The molecule has 1 saturated heterocycles. The summed E-state index contributed by atoms with van der Waals surface area (Å²) in [7, 11) is 0. The highest BCUT2D eigenvalue weighted by molar-refractivity contribution is 6.05. The Morgan fingerprint density at radius 2 is 1.93 bits per heavy atom. The molecule has 1 atom stereocenters. The van der Waals surface area contributed by atoms with Gasteiger partial charge in [0.2, 0.25) is 0 Å². The van der Waals surface area contributed by atoms with E-state index in [9.17, 15) is 14.4 Å². The van der Waals surface area contributed by atoms with Crippen LogP contribution in [0.1, 0.15) is 39.2 Å². The van der Waals surface area contributed by atoms with E-state index in [0.717, 1.165) is 5.56 Å². The number of hydrogen-bond donors (Lipinski definition) is 0. The SMILES string of the molecule is C=CCOC(=O)C1(Cc2ccccc2)CN(C(=O)OC(C)(C)C)CCCC1=O. The molecular weight excluding hydrogens is 358 g/mol. The number of amides is 1. The zero-order valence-electron chi connectivity index (χ0n) is 16.9. The topological polar surface area (TPSA) is 72.9 Å². The number of ketones is 1. The molecule has 0 aromatic heterocycles. The summed E-state index contributed by atoms with van der Waals surface area (Å²) in [6.45, 7) is 9.20. The fourth-order valence-corrected chi connectivity index (χ4v) is 3.27. The first-order valence-corrected chi connectivity index (χ1v) is 9.51. The van der Waals surface area contributed by atoms with Crippen molar-refractivity contribution in [3.63, 3.8) is 0 Å². The average Bonchev–Trinajstić information content (AvgIpc) is 2.79. The van der Waals surface area contributed by atoms with Gasteiger partial charge in [-0.15, -0.1) is 0 Å². The second kappa shape index (κ2) is 9.04. The maximum atomic E-state index is 13.1. The van der Waals surface area contributed by atoms with E-state index >= 15 is 0 Å². The maximum Gasteiger partial charge on any atom is 0.410 e. The van der Waals surface area contributed by atoms with Crippen molar-refractivity contribution in [2.45, 2.75) is 45.6 Å². The molecule has 1 aliphatic rings. The molecule has 0 radical (unpaired) electrons. The van der Waals surface area contributed by atoms with Gasteiger partial charge in [-0.2, -0.15) is 0 Å². The average molecular weight is 387 g/mol. The van der Waals surface area contributed by atoms with Crippen molar-refractivity contribution in [1.29, 1.82) is 0 Å². The third kappa shape index (κ3) is 5.44. The largest absolute Gasteiger partial charge is 0.461 e. The van der Waals surface area contributed by atoms with E-state index in [1.54, 1.807) is 20.8 Å². The Labute approximate surface area is 166 Å². The summed E-state index contributed by atoms with van der Waals surface area (Å²) in [4.78, 5) is 40.3. The molecule has 1 aliphatic heterocycles. The van der Waals surface area contributed by atoms with Crippen LogP contribution in [0.3, 0.4) is 0 Å². The second-order valence-electron chi connectivity index (χ2n) is 8.06. The van der Waals surface area contributed by atoms with Gasteiger partial charge < -0.3 is 14.4 Å². The summed E-state index contributed by atoms with van der Waals surface area (Å²) in [5, 5.41) is 0. The summed E-state index contributed by atoms with van der Waals surface area (Å²) in [5.41, 5.74) is -1.30. The van der Waals surface area contributed by atoms with Crippen LogP contribution in [0.2, 0.25) is 0 Å². The van der Waals surface area contributed by atoms with Crippen LogP contribution in [0.4, 0.5) is 4.79 Å². The lowest BCUT2D eigenvalue weighted by Crippen LogP contribution is -2.51. The van der Waals surface area contributed by atoms with E-state index in [2.05, 4.69) is 6.58 Å². The summed E-state index contributed by atoms with van der Waals surface area (Å²) in [6, 6.07) is 9.29. The first-order valence-electron chi connectivity index (χ1n) is 9.51. The predicted molar refractivity (Wildman–Crippen MR) is 106 cm³/mol. The van der Waals surface area contributed by atoms with Crippen LogP contribution in [0.5, 0.6) is 0 Å². The predicted octanol–water partition coefficient (Wildman–Crippen LogP) is 3.54. The van der Waals surface area contributed by atoms with Gasteiger partial charge in [0.1, 0.15) is 17.6 Å². The zero-order valence-corrected chi connectivity index (χ0v) is 16.9. The summed E-state index contributed by atoms with van der Waals surface area (Å²) in [6.07, 6.45) is 1.78. The number of benzene rings is 1. The Morgan fingerprint density at radius 1 is 1.25 bits per heavy atom. The Bertz CT molecular complexity index is 722. The van der Waals surface area contributed by atoms with Crippen molar-refractivity contribution < 1.29 is 23.9 Å². The van der Waals surface area contributed by atoms with Gasteiger partial charge in [-0.05, 0) is 39.2 Å². The summed E-state index contributed by atoms with van der Waals surface area (Å²) < 4.78 is 10.8. The fraction of sp³-hybridized carbons (Fsp3) is 0.500. The van der Waals surface area contributed by atoms with Crippen molar-refractivity contribution in [2.24, 2.45) is 5.41 Å². The molecule has 0 bridgehead atoms. The van der Waals surface area contributed by atoms with E-state index in [4.69, 9.17) is 9.47 Å². The van der Waals surface area contributed by atoms with Crippen molar-refractivity contribution in [3.05, 3.63) is 48.6 Å². The van der Waals surface area contributed by atoms with Crippen LogP contribution in [0, 0.1) is 5.41 Å². The van der Waals surface area contributed by atoms with E-state index in [0.29, 0.717) is 13.0 Å². The third-order valence-corrected chi connectivity index (χ3v) is 4.55. The van der Waals surface area contributed by atoms with Crippen LogP contribution in [0.15, 0.2) is 43.0 Å². The monoisotopic (exact) mass is 387 g/mol. The lowest BCUT2D eigenvalue weighted by molar-refractivity contribution is -0.160. The van der Waals surface area contributed by atoms with Gasteiger partial charge in [-0.1, -0.05) is 43.0 Å². The number of likely N-dealkylation sites (tertiary alicyclic amines) is 1. The van der Waals surface area contributed by atoms with Crippen LogP contribution in [0.25, 0.3) is 0 Å². The molecular formula is C22H29NO5. The summed E-state index contributed by atoms with van der Waals surface area (Å²) >= 11 is 0. The molecule has 6 heteroatoms. The van der Waals surface area contributed by atoms with Crippen molar-refractivity contribution >= 4 is 17.8 Å². The number of hydrogen-bond acceptors (Lipinski definition) is 5. The van der Waals surface area contributed by atoms with Gasteiger partial charge in [0.15, 0.2) is 5.78 Å². The van der Waals surface area contributed by atoms with Gasteiger partial charge >= 0.3 is 12.1 Å². The molecule has 152 valence electrons. The number of rotatable bonds is 5. The molecule has 1 aromatic carbocycles. The van der Waals surface area contributed by atoms with Crippen molar-refractivity contribution in [2.75, 3.05) is 19.7 Å². The third-order valence-electron chi connectivity index (χ3n) is 4.55. The quantitative estimate of drug-likeness (QED) is 0.439. The molecule has 1 aromatic rings. The molecule has 0 spiro atoms. The molecule has 0 saturated carbocycles. The smallest absolute Gasteiger partial charge is 0.410 e. The Hall–Kier alpha value is -2.63. The molecule has 1 unspecified atom stereocenters. The molecule has 6 nitrogen and oxygen atoms in total. The highest BCUT2D eigenvalue weighted by Gasteiger charge is 2.50. The number of Topliss-reactive ketones (excluding diaryl/α,β-unsaturated/α-hetero) is 1. The number of esters is 1. The van der Waals surface area contributed by atoms with Crippen LogP contribution < -0.4 is 0 Å². The van der Waals surface area contributed by atoms with E-state index in [-0.39, 0.29) is 31.8 Å². The highest BCUT2D eigenvalue weighted by Crippen LogP contribution is 2.33. The van der Waals surface area contributed by atoms with E-state index in [1.165, 1.54) is 11.0 Å². The minimum atomic E-state index is -1.46.